The Morgan fingerprint density at radius 1 is 1.25 bits per heavy atom. The number of methoxy groups -OCH3 is 1. The van der Waals surface area contributed by atoms with E-state index < -0.39 is 6.10 Å². The van der Waals surface area contributed by atoms with Crippen LogP contribution in [0.15, 0.2) is 24.3 Å². The van der Waals surface area contributed by atoms with Crippen molar-refractivity contribution in [2.75, 3.05) is 38.2 Å². The monoisotopic (exact) mass is 437 g/mol. The van der Waals surface area contributed by atoms with E-state index in [9.17, 15) is 5.11 Å². The first kappa shape index (κ1) is 22.0. The molecule has 1 unspecified atom stereocenters. The number of anilines is 1. The highest BCUT2D eigenvalue weighted by atomic mass is 16.5. The van der Waals surface area contributed by atoms with Crippen LogP contribution >= 0.6 is 0 Å². The van der Waals surface area contributed by atoms with Crippen LogP contribution in [0.25, 0.3) is 10.9 Å². The van der Waals surface area contributed by atoms with Crippen molar-refractivity contribution in [3.8, 4) is 5.75 Å². The Bertz CT molecular complexity index is 975. The van der Waals surface area contributed by atoms with Gasteiger partial charge in [-0.15, -0.1) is 0 Å². The predicted molar refractivity (Wildman–Crippen MR) is 130 cm³/mol. The number of hydrogen-bond acceptors (Lipinski definition) is 5. The van der Waals surface area contributed by atoms with Crippen molar-refractivity contribution in [1.82, 2.24) is 9.88 Å². The van der Waals surface area contributed by atoms with Crippen LogP contribution in [0.1, 0.15) is 64.5 Å². The summed E-state index contributed by atoms with van der Waals surface area (Å²) in [5.41, 5.74) is 2.25. The van der Waals surface area contributed by atoms with E-state index in [0.717, 1.165) is 72.5 Å². The van der Waals surface area contributed by atoms with Gasteiger partial charge in [-0.2, -0.15) is 0 Å². The van der Waals surface area contributed by atoms with Crippen molar-refractivity contribution in [2.45, 2.75) is 65.0 Å². The van der Waals surface area contributed by atoms with Gasteiger partial charge in [0, 0.05) is 31.1 Å². The third kappa shape index (κ3) is 3.99. The Kier molecular flexibility index (Phi) is 5.83. The Morgan fingerprint density at radius 2 is 2.09 bits per heavy atom. The van der Waals surface area contributed by atoms with Crippen molar-refractivity contribution >= 4 is 16.7 Å². The summed E-state index contributed by atoms with van der Waals surface area (Å²) < 4.78 is 5.52. The average molecular weight is 438 g/mol. The van der Waals surface area contributed by atoms with Crippen LogP contribution in [0, 0.1) is 17.3 Å². The topological polar surface area (TPSA) is 48.8 Å². The molecule has 32 heavy (non-hydrogen) atoms. The third-order valence-electron chi connectivity index (χ3n) is 8.40. The van der Waals surface area contributed by atoms with Crippen molar-refractivity contribution < 1.29 is 9.84 Å². The molecule has 4 saturated heterocycles. The summed E-state index contributed by atoms with van der Waals surface area (Å²) in [7, 11) is 1.70. The third-order valence-corrected chi connectivity index (χ3v) is 8.40. The first-order chi connectivity index (χ1) is 15.4. The number of aliphatic hydroxyl groups is 1. The second-order valence-electron chi connectivity index (χ2n) is 11.1. The van der Waals surface area contributed by atoms with Crippen LogP contribution in [0.2, 0.25) is 0 Å². The Hall–Kier alpha value is -1.85. The van der Waals surface area contributed by atoms with Crippen molar-refractivity contribution in [3.05, 3.63) is 29.8 Å². The molecule has 5 heterocycles. The second kappa shape index (κ2) is 8.49. The molecule has 0 aliphatic carbocycles. The zero-order chi connectivity index (χ0) is 22.5. The number of ether oxygens (including phenoxy) is 1. The van der Waals surface area contributed by atoms with Gasteiger partial charge in [-0.1, -0.05) is 27.2 Å². The number of nitrogens with zero attached hydrogens (tertiary/aromatic N) is 3. The maximum Gasteiger partial charge on any atom is 0.129 e. The molecule has 4 aliphatic heterocycles. The summed E-state index contributed by atoms with van der Waals surface area (Å²) in [6.07, 6.45) is 5.55. The number of rotatable bonds is 5. The number of piperidine rings is 4. The molecule has 1 N–H and O–H groups in total. The number of benzene rings is 1. The van der Waals surface area contributed by atoms with Gasteiger partial charge in [0.15, 0.2) is 0 Å². The van der Waals surface area contributed by atoms with E-state index in [1.165, 1.54) is 25.7 Å². The molecule has 2 aromatic rings. The standard InChI is InChI=1S/C27H39N3O2/c1-5-18-16-29-12-9-19(18)13-24(29)26(31)22-15-25(30-11-6-10-27(2,3)17-30)28-23-8-7-20(32-4)14-21(22)23/h7-8,14-15,18-19,24,26,31H,5-6,9-13,16-17H2,1-4H3/t18-,19+,24-,26+/m0/s1. The molecule has 5 nitrogen and oxygen atoms in total. The highest BCUT2D eigenvalue weighted by molar-refractivity contribution is 5.86. The summed E-state index contributed by atoms with van der Waals surface area (Å²) in [6, 6.07) is 8.44. The Morgan fingerprint density at radius 3 is 2.78 bits per heavy atom. The first-order valence-electron chi connectivity index (χ1n) is 12.5. The van der Waals surface area contributed by atoms with Gasteiger partial charge in [0.05, 0.1) is 18.7 Å². The van der Waals surface area contributed by atoms with E-state index in [4.69, 9.17) is 9.72 Å². The average Bonchev–Trinajstić information content (AvgIpc) is 2.82. The fourth-order valence-corrected chi connectivity index (χ4v) is 6.55. The second-order valence-corrected chi connectivity index (χ2v) is 11.1. The van der Waals surface area contributed by atoms with Gasteiger partial charge >= 0.3 is 0 Å². The van der Waals surface area contributed by atoms with Crippen LogP contribution in [0.3, 0.4) is 0 Å². The first-order valence-corrected chi connectivity index (χ1v) is 12.5. The van der Waals surface area contributed by atoms with Gasteiger partial charge < -0.3 is 14.7 Å². The summed E-state index contributed by atoms with van der Waals surface area (Å²) in [5.74, 6) is 3.35. The van der Waals surface area contributed by atoms with Gasteiger partial charge in [-0.3, -0.25) is 4.90 Å². The predicted octanol–water partition coefficient (Wildman–Crippen LogP) is 5.02. The molecule has 5 atom stereocenters. The number of hydrogen-bond donors (Lipinski definition) is 1. The minimum atomic E-state index is -0.509. The van der Waals surface area contributed by atoms with E-state index in [2.05, 4.69) is 42.7 Å². The van der Waals surface area contributed by atoms with Crippen LogP contribution in [-0.4, -0.2) is 54.3 Å². The van der Waals surface area contributed by atoms with E-state index in [0.29, 0.717) is 0 Å². The lowest BCUT2D eigenvalue weighted by molar-refractivity contribution is -0.0562. The lowest BCUT2D eigenvalue weighted by Gasteiger charge is -2.51. The quantitative estimate of drug-likeness (QED) is 0.711. The highest BCUT2D eigenvalue weighted by Gasteiger charge is 2.42. The summed E-state index contributed by atoms with van der Waals surface area (Å²) >= 11 is 0. The molecule has 0 amide bonds. The fraction of sp³-hybridized carbons (Fsp3) is 0.667. The van der Waals surface area contributed by atoms with E-state index in [1.54, 1.807) is 7.11 Å². The zero-order valence-electron chi connectivity index (χ0n) is 20.2. The smallest absolute Gasteiger partial charge is 0.129 e. The molecule has 4 fully saturated rings. The molecule has 2 bridgehead atoms. The molecule has 1 aromatic heterocycles. The molecular formula is C27H39N3O2. The van der Waals surface area contributed by atoms with Crippen LogP contribution < -0.4 is 9.64 Å². The lowest BCUT2D eigenvalue weighted by Crippen LogP contribution is -2.55. The summed E-state index contributed by atoms with van der Waals surface area (Å²) in [4.78, 5) is 10.0. The van der Waals surface area contributed by atoms with Crippen LogP contribution in [-0.2, 0) is 0 Å². The summed E-state index contributed by atoms with van der Waals surface area (Å²) in [5, 5.41) is 12.8. The van der Waals surface area contributed by atoms with E-state index in [-0.39, 0.29) is 11.5 Å². The van der Waals surface area contributed by atoms with Crippen molar-refractivity contribution in [1.29, 1.82) is 0 Å². The zero-order valence-corrected chi connectivity index (χ0v) is 20.2. The van der Waals surface area contributed by atoms with Gasteiger partial charge in [0.1, 0.15) is 11.6 Å². The minimum absolute atomic E-state index is 0.194. The van der Waals surface area contributed by atoms with Gasteiger partial charge in [-0.05, 0) is 79.3 Å². The van der Waals surface area contributed by atoms with E-state index in [1.807, 2.05) is 12.1 Å². The van der Waals surface area contributed by atoms with Crippen molar-refractivity contribution in [3.63, 3.8) is 0 Å². The van der Waals surface area contributed by atoms with Crippen LogP contribution in [0.4, 0.5) is 5.82 Å². The molecule has 4 aliphatic rings. The van der Waals surface area contributed by atoms with Crippen LogP contribution in [0.5, 0.6) is 5.75 Å². The molecule has 0 spiro atoms. The summed E-state index contributed by atoms with van der Waals surface area (Å²) in [6.45, 7) is 11.3. The molecule has 1 aromatic carbocycles. The number of pyridine rings is 1. The van der Waals surface area contributed by atoms with Crippen molar-refractivity contribution in [2.24, 2.45) is 17.3 Å². The maximum absolute atomic E-state index is 11.8. The van der Waals surface area contributed by atoms with Gasteiger partial charge in [-0.25, -0.2) is 4.98 Å². The molecule has 6 rings (SSSR count). The SMILES string of the molecule is CC[C@H]1CN2CC[C@@H]1C[C@H]2[C@H](O)c1cc(N2CCCC(C)(C)C2)nc2ccc(OC)cc12. The lowest BCUT2D eigenvalue weighted by atomic mass is 9.72. The van der Waals surface area contributed by atoms with Gasteiger partial charge in [0.2, 0.25) is 0 Å². The number of fused-ring (bicyclic) bond motifs is 4. The largest absolute Gasteiger partial charge is 0.497 e. The molecular weight excluding hydrogens is 398 g/mol. The number of aliphatic hydroxyl groups excluding tert-OH is 1. The minimum Gasteiger partial charge on any atom is -0.497 e. The highest BCUT2D eigenvalue weighted by Crippen LogP contribution is 2.44. The number of aromatic nitrogens is 1. The Labute approximate surface area is 192 Å². The maximum atomic E-state index is 11.8. The molecule has 0 radical (unpaired) electrons. The normalized spacial score (nSPS) is 30.5. The molecule has 0 saturated carbocycles. The molecule has 5 heteroatoms. The Balaban J connectivity index is 1.54. The van der Waals surface area contributed by atoms with E-state index >= 15 is 0 Å². The fourth-order valence-electron chi connectivity index (χ4n) is 6.55. The van der Waals surface area contributed by atoms with Gasteiger partial charge in [0.25, 0.3) is 0 Å². The molecule has 174 valence electrons.